The summed E-state index contributed by atoms with van der Waals surface area (Å²) in [5.41, 5.74) is 3.78. The van der Waals surface area contributed by atoms with Crippen LogP contribution in [0.1, 0.15) is 0 Å². The molecule has 0 unspecified atom stereocenters. The highest BCUT2D eigenvalue weighted by Crippen LogP contribution is 2.23. The number of hydrogen-bond donors (Lipinski definition) is 3. The van der Waals surface area contributed by atoms with Crippen LogP contribution in [0.3, 0.4) is 0 Å². The van der Waals surface area contributed by atoms with E-state index in [0.717, 1.165) is 10.9 Å². The maximum Gasteiger partial charge on any atom is 0.268 e. The Morgan fingerprint density at radius 1 is 1.22 bits per heavy atom. The minimum Gasteiger partial charge on any atom is -0.394 e. The highest BCUT2D eigenvalue weighted by atomic mass is 16.5. The Kier molecular flexibility index (Phi) is 4.97. The summed E-state index contributed by atoms with van der Waals surface area (Å²) in [6.07, 6.45) is 5.20. The zero-order valence-corrected chi connectivity index (χ0v) is 12.5. The number of anilines is 2. The first-order chi connectivity index (χ1) is 11.4. The molecule has 3 rings (SSSR count). The van der Waals surface area contributed by atoms with Gasteiger partial charge in [-0.25, -0.2) is 4.98 Å². The van der Waals surface area contributed by atoms with E-state index in [4.69, 9.17) is 9.84 Å². The lowest BCUT2D eigenvalue weighted by Crippen LogP contribution is -2.32. The number of hydrazone groups is 1. The second-order valence-electron chi connectivity index (χ2n) is 4.72. The quantitative estimate of drug-likeness (QED) is 0.653. The molecule has 1 aliphatic heterocycles. The lowest BCUT2D eigenvalue weighted by Gasteiger charge is -2.19. The van der Waals surface area contributed by atoms with Gasteiger partial charge in [0.25, 0.3) is 5.95 Å². The second kappa shape index (κ2) is 7.52. The number of nitrogens with zero attached hydrogens (tertiary/aromatic N) is 4. The zero-order valence-electron chi connectivity index (χ0n) is 12.5. The molecule has 0 atom stereocenters. The van der Waals surface area contributed by atoms with Gasteiger partial charge in [-0.2, -0.15) is 10.1 Å². The van der Waals surface area contributed by atoms with Crippen LogP contribution in [0.2, 0.25) is 0 Å². The van der Waals surface area contributed by atoms with Gasteiger partial charge >= 0.3 is 0 Å². The fourth-order valence-corrected chi connectivity index (χ4v) is 2.11. The van der Waals surface area contributed by atoms with Crippen molar-refractivity contribution in [2.24, 2.45) is 5.10 Å². The van der Waals surface area contributed by atoms with E-state index in [9.17, 15) is 0 Å². The molecule has 23 heavy (non-hydrogen) atoms. The van der Waals surface area contributed by atoms with Crippen molar-refractivity contribution >= 4 is 28.9 Å². The van der Waals surface area contributed by atoms with Gasteiger partial charge in [-0.05, 0) is 18.2 Å². The van der Waals surface area contributed by atoms with E-state index in [1.54, 1.807) is 18.5 Å². The van der Waals surface area contributed by atoms with Gasteiger partial charge in [-0.15, -0.1) is 5.12 Å². The Morgan fingerprint density at radius 3 is 2.96 bits per heavy atom. The molecule has 0 spiro atoms. The molecule has 0 aliphatic carbocycles. The Hall–Kier alpha value is -2.71. The van der Waals surface area contributed by atoms with E-state index in [-0.39, 0.29) is 6.61 Å². The highest BCUT2D eigenvalue weighted by molar-refractivity contribution is 5.90. The first kappa shape index (κ1) is 15.2. The molecule has 1 aliphatic rings. The zero-order chi connectivity index (χ0) is 15.9. The number of allylic oxidation sites excluding steroid dienone is 1. The van der Waals surface area contributed by atoms with Gasteiger partial charge in [0.15, 0.2) is 0 Å². The van der Waals surface area contributed by atoms with Crippen LogP contribution in [0, 0.1) is 0 Å². The van der Waals surface area contributed by atoms with Crippen LogP contribution >= 0.6 is 0 Å². The van der Waals surface area contributed by atoms with Crippen LogP contribution in [-0.4, -0.2) is 47.7 Å². The number of ether oxygens (including phenoxy) is 1. The van der Waals surface area contributed by atoms with Gasteiger partial charge in [-0.1, -0.05) is 12.1 Å². The van der Waals surface area contributed by atoms with Gasteiger partial charge in [-0.3, -0.25) is 5.43 Å². The number of rotatable bonds is 7. The molecule has 3 N–H and O–H groups in total. The largest absolute Gasteiger partial charge is 0.394 e. The molecule has 0 saturated heterocycles. The monoisotopic (exact) mass is 314 g/mol. The SMILES string of the molecule is OCCOCCNc1nc(N2N=CC=CN2)nc2ccccc12. The molecule has 1 aromatic carbocycles. The third kappa shape index (κ3) is 3.74. The number of aromatic nitrogens is 2. The van der Waals surface area contributed by atoms with Gasteiger partial charge in [0, 0.05) is 18.1 Å². The third-order valence-corrected chi connectivity index (χ3v) is 3.12. The van der Waals surface area contributed by atoms with Crippen LogP contribution in [0.15, 0.2) is 41.6 Å². The van der Waals surface area contributed by atoms with Gasteiger partial charge in [0.2, 0.25) is 0 Å². The number of fused-ring (bicyclic) bond motifs is 1. The number of hydrogen-bond acceptors (Lipinski definition) is 8. The second-order valence-corrected chi connectivity index (χ2v) is 4.72. The Bertz CT molecular complexity index is 718. The van der Waals surface area contributed by atoms with Crippen molar-refractivity contribution in [3.8, 4) is 0 Å². The molecule has 0 bridgehead atoms. The third-order valence-electron chi connectivity index (χ3n) is 3.12. The Balaban J connectivity index is 1.82. The van der Waals surface area contributed by atoms with Crippen molar-refractivity contribution in [2.45, 2.75) is 0 Å². The van der Waals surface area contributed by atoms with Crippen LogP contribution < -0.4 is 15.9 Å². The first-order valence-electron chi connectivity index (χ1n) is 7.33. The summed E-state index contributed by atoms with van der Waals surface area (Å²) < 4.78 is 5.25. The van der Waals surface area contributed by atoms with Crippen molar-refractivity contribution in [3.05, 3.63) is 36.5 Å². The van der Waals surface area contributed by atoms with Crippen molar-refractivity contribution in [2.75, 3.05) is 36.8 Å². The summed E-state index contributed by atoms with van der Waals surface area (Å²) in [6, 6.07) is 7.76. The predicted octanol–water partition coefficient (Wildman–Crippen LogP) is 0.875. The maximum atomic E-state index is 8.71. The minimum atomic E-state index is 0.0206. The molecule has 8 nitrogen and oxygen atoms in total. The van der Waals surface area contributed by atoms with Crippen molar-refractivity contribution in [1.29, 1.82) is 0 Å². The van der Waals surface area contributed by atoms with Crippen molar-refractivity contribution in [1.82, 2.24) is 15.4 Å². The Labute approximate surface area is 133 Å². The van der Waals surface area contributed by atoms with E-state index in [2.05, 4.69) is 25.8 Å². The first-order valence-corrected chi connectivity index (χ1v) is 7.33. The predicted molar refractivity (Wildman–Crippen MR) is 89.2 cm³/mol. The minimum absolute atomic E-state index is 0.0206. The van der Waals surface area contributed by atoms with E-state index >= 15 is 0 Å². The van der Waals surface area contributed by atoms with Gasteiger partial charge in [0.1, 0.15) is 5.82 Å². The molecule has 0 fully saturated rings. The lowest BCUT2D eigenvalue weighted by atomic mass is 10.2. The number of nitrogens with one attached hydrogen (secondary N) is 2. The topological polar surface area (TPSA) is 94.9 Å². The van der Waals surface area contributed by atoms with Crippen LogP contribution in [-0.2, 0) is 4.74 Å². The summed E-state index contributed by atoms with van der Waals surface area (Å²) in [7, 11) is 0. The molecular formula is C15H18N6O2. The molecule has 2 aromatic rings. The van der Waals surface area contributed by atoms with Crippen LogP contribution in [0.5, 0.6) is 0 Å². The molecule has 0 amide bonds. The lowest BCUT2D eigenvalue weighted by molar-refractivity contribution is 0.0992. The van der Waals surface area contributed by atoms with E-state index in [1.807, 2.05) is 24.3 Å². The number of benzene rings is 1. The summed E-state index contributed by atoms with van der Waals surface area (Å²) >= 11 is 0. The smallest absolute Gasteiger partial charge is 0.268 e. The molecule has 8 heteroatoms. The fourth-order valence-electron chi connectivity index (χ4n) is 2.11. The average molecular weight is 314 g/mol. The number of hydrazine groups is 1. The fraction of sp³-hybridized carbons (Fsp3) is 0.267. The van der Waals surface area contributed by atoms with E-state index in [0.29, 0.717) is 31.5 Å². The molecule has 0 radical (unpaired) electrons. The summed E-state index contributed by atoms with van der Waals surface area (Å²) in [5, 5.41) is 18.6. The maximum absolute atomic E-state index is 8.71. The summed E-state index contributed by atoms with van der Waals surface area (Å²) in [4.78, 5) is 9.05. The highest BCUT2D eigenvalue weighted by Gasteiger charge is 2.13. The Morgan fingerprint density at radius 2 is 2.13 bits per heavy atom. The van der Waals surface area contributed by atoms with Gasteiger partial charge < -0.3 is 15.2 Å². The van der Waals surface area contributed by atoms with Crippen LogP contribution in [0.4, 0.5) is 11.8 Å². The van der Waals surface area contributed by atoms with Crippen molar-refractivity contribution < 1.29 is 9.84 Å². The standard InChI is InChI=1S/C15H18N6O2/c22-9-11-23-10-8-16-14-12-4-1-2-5-13(12)19-15(20-14)21-17-6-3-7-18-21/h1-7,17,22H,8-11H2,(H,16,19,20). The molecule has 1 aromatic heterocycles. The normalized spacial score (nSPS) is 13.3. The van der Waals surface area contributed by atoms with Gasteiger partial charge in [0.05, 0.1) is 31.6 Å². The van der Waals surface area contributed by atoms with E-state index in [1.165, 1.54) is 5.12 Å². The molecule has 0 saturated carbocycles. The molecule has 2 heterocycles. The number of aliphatic hydroxyl groups excluding tert-OH is 1. The van der Waals surface area contributed by atoms with Crippen molar-refractivity contribution in [3.63, 3.8) is 0 Å². The van der Waals surface area contributed by atoms with E-state index < -0.39 is 0 Å². The summed E-state index contributed by atoms with van der Waals surface area (Å²) in [5.74, 6) is 1.16. The molecule has 120 valence electrons. The number of para-hydroxylation sites is 1. The summed E-state index contributed by atoms with van der Waals surface area (Å²) in [6.45, 7) is 1.41. The molecular weight excluding hydrogens is 296 g/mol. The number of aliphatic hydroxyl groups is 1. The average Bonchev–Trinajstić information content (AvgIpc) is 2.62. The van der Waals surface area contributed by atoms with Crippen LogP contribution in [0.25, 0.3) is 10.9 Å².